The molecule has 1 radical (unpaired) electrons. The van der Waals surface area contributed by atoms with Crippen LogP contribution in [0.5, 0.6) is 0 Å². The van der Waals surface area contributed by atoms with Gasteiger partial charge < -0.3 is 0 Å². The van der Waals surface area contributed by atoms with Crippen LogP contribution < -0.4 is 0 Å². The molecule has 0 aliphatic carbocycles. The van der Waals surface area contributed by atoms with E-state index >= 15 is 0 Å². The molecule has 0 bridgehead atoms. The Morgan fingerprint density at radius 2 is 1.75 bits per heavy atom. The standard InChI is InChI=1S/C12H25/c1-5-6-7-8-9-12(4)10-11(2)3/h11H,5-10H2,1-4H3. The van der Waals surface area contributed by atoms with Crippen molar-refractivity contribution in [3.63, 3.8) is 0 Å². The summed E-state index contributed by atoms with van der Waals surface area (Å²) in [5.41, 5.74) is 0. The molecule has 0 aliphatic heterocycles. The third-order valence-electron chi connectivity index (χ3n) is 2.21. The van der Waals surface area contributed by atoms with Gasteiger partial charge in [-0.15, -0.1) is 0 Å². The summed E-state index contributed by atoms with van der Waals surface area (Å²) in [5, 5.41) is 0. The smallest absolute Gasteiger partial charge is 0.0269 e. The van der Waals surface area contributed by atoms with E-state index in [9.17, 15) is 0 Å². The Hall–Kier alpha value is 0. The van der Waals surface area contributed by atoms with Crippen LogP contribution in [0.2, 0.25) is 0 Å². The fourth-order valence-electron chi connectivity index (χ4n) is 1.65. The maximum Gasteiger partial charge on any atom is -0.0269 e. The van der Waals surface area contributed by atoms with Gasteiger partial charge in [0.15, 0.2) is 0 Å². The molecule has 0 amide bonds. The van der Waals surface area contributed by atoms with E-state index < -0.39 is 0 Å². The Labute approximate surface area is 78.8 Å². The average molecular weight is 169 g/mol. The fraction of sp³-hybridized carbons (Fsp3) is 0.917. The maximum absolute atomic E-state index is 2.31. The summed E-state index contributed by atoms with van der Waals surface area (Å²) in [5.74, 6) is 2.54. The van der Waals surface area contributed by atoms with Crippen molar-refractivity contribution in [2.75, 3.05) is 0 Å². The molecule has 0 rings (SSSR count). The van der Waals surface area contributed by atoms with Crippen molar-refractivity contribution in [3.8, 4) is 0 Å². The third kappa shape index (κ3) is 8.10. The highest BCUT2D eigenvalue weighted by atomic mass is 14.1. The molecule has 0 unspecified atom stereocenters. The Morgan fingerprint density at radius 3 is 2.25 bits per heavy atom. The normalized spacial score (nSPS) is 11.5. The van der Waals surface area contributed by atoms with Gasteiger partial charge in [0.25, 0.3) is 0 Å². The van der Waals surface area contributed by atoms with Gasteiger partial charge in [-0.05, 0) is 24.7 Å². The first kappa shape index (κ1) is 12.0. The van der Waals surface area contributed by atoms with Crippen LogP contribution >= 0.6 is 0 Å². The van der Waals surface area contributed by atoms with Crippen LogP contribution in [-0.2, 0) is 0 Å². The molecule has 0 aliphatic rings. The summed E-state index contributed by atoms with van der Waals surface area (Å²) in [6, 6.07) is 0. The predicted molar refractivity (Wildman–Crippen MR) is 57.1 cm³/mol. The van der Waals surface area contributed by atoms with Crippen molar-refractivity contribution in [3.05, 3.63) is 5.92 Å². The number of hydrogen-bond acceptors (Lipinski definition) is 0. The maximum atomic E-state index is 2.31. The highest BCUT2D eigenvalue weighted by Gasteiger charge is 2.04. The molecule has 0 N–H and O–H groups in total. The van der Waals surface area contributed by atoms with E-state index in [0.717, 1.165) is 5.92 Å². The monoisotopic (exact) mass is 169 g/mol. The first-order valence-electron chi connectivity index (χ1n) is 5.48. The van der Waals surface area contributed by atoms with Gasteiger partial charge in [-0.1, -0.05) is 53.4 Å². The van der Waals surface area contributed by atoms with E-state index in [1.807, 2.05) is 0 Å². The summed E-state index contributed by atoms with van der Waals surface area (Å²) in [6.45, 7) is 9.18. The van der Waals surface area contributed by atoms with Gasteiger partial charge in [-0.3, -0.25) is 0 Å². The lowest BCUT2D eigenvalue weighted by molar-refractivity contribution is 0.545. The van der Waals surface area contributed by atoms with E-state index in [0.29, 0.717) is 0 Å². The van der Waals surface area contributed by atoms with E-state index in [-0.39, 0.29) is 0 Å². The summed E-state index contributed by atoms with van der Waals surface area (Å²) < 4.78 is 0. The van der Waals surface area contributed by atoms with Gasteiger partial charge in [0.1, 0.15) is 0 Å². The Kier molecular flexibility index (Phi) is 7.64. The molecule has 0 aromatic rings. The zero-order valence-electron chi connectivity index (χ0n) is 9.32. The highest BCUT2D eigenvalue weighted by Crippen LogP contribution is 2.19. The van der Waals surface area contributed by atoms with E-state index in [2.05, 4.69) is 27.7 Å². The van der Waals surface area contributed by atoms with Gasteiger partial charge in [-0.2, -0.15) is 0 Å². The Morgan fingerprint density at radius 1 is 1.08 bits per heavy atom. The molecule has 0 aromatic carbocycles. The number of unbranched alkanes of at least 4 members (excludes halogenated alkanes) is 3. The van der Waals surface area contributed by atoms with Crippen molar-refractivity contribution in [2.24, 2.45) is 5.92 Å². The van der Waals surface area contributed by atoms with Gasteiger partial charge in [-0.25, -0.2) is 0 Å². The van der Waals surface area contributed by atoms with Crippen LogP contribution in [0.1, 0.15) is 66.2 Å². The zero-order valence-corrected chi connectivity index (χ0v) is 9.32. The first-order valence-corrected chi connectivity index (χ1v) is 5.48. The van der Waals surface area contributed by atoms with Crippen molar-refractivity contribution >= 4 is 0 Å². The molecule has 73 valence electrons. The van der Waals surface area contributed by atoms with Crippen molar-refractivity contribution in [1.29, 1.82) is 0 Å². The predicted octanol–water partition coefficient (Wildman–Crippen LogP) is 4.60. The van der Waals surface area contributed by atoms with Crippen LogP contribution in [-0.4, -0.2) is 0 Å². The second kappa shape index (κ2) is 7.64. The molecule has 0 saturated carbocycles. The minimum atomic E-state index is 0.844. The minimum absolute atomic E-state index is 0.844. The Balaban J connectivity index is 3.14. The first-order chi connectivity index (χ1) is 5.66. The molecule has 0 fully saturated rings. The fourth-order valence-corrected chi connectivity index (χ4v) is 1.65. The lowest BCUT2D eigenvalue weighted by Gasteiger charge is -2.12. The minimum Gasteiger partial charge on any atom is -0.0654 e. The molecule has 0 saturated heterocycles. The largest absolute Gasteiger partial charge is 0.0654 e. The lowest BCUT2D eigenvalue weighted by atomic mass is 9.94. The quantitative estimate of drug-likeness (QED) is 0.489. The second-order valence-electron chi connectivity index (χ2n) is 4.37. The van der Waals surface area contributed by atoms with Gasteiger partial charge in [0.05, 0.1) is 0 Å². The zero-order chi connectivity index (χ0) is 9.40. The van der Waals surface area contributed by atoms with Crippen molar-refractivity contribution in [2.45, 2.75) is 66.2 Å². The highest BCUT2D eigenvalue weighted by molar-refractivity contribution is 4.84. The van der Waals surface area contributed by atoms with Crippen LogP contribution in [0, 0.1) is 11.8 Å². The molecule has 0 atom stereocenters. The summed E-state index contributed by atoms with van der Waals surface area (Å²) in [6.07, 6.45) is 8.28. The molecule has 0 aromatic heterocycles. The molecule has 0 heterocycles. The summed E-state index contributed by atoms with van der Waals surface area (Å²) in [7, 11) is 0. The van der Waals surface area contributed by atoms with Gasteiger partial charge in [0.2, 0.25) is 0 Å². The lowest BCUT2D eigenvalue weighted by Crippen LogP contribution is -1.97. The molecular weight excluding hydrogens is 144 g/mol. The second-order valence-corrected chi connectivity index (χ2v) is 4.37. The van der Waals surface area contributed by atoms with Gasteiger partial charge >= 0.3 is 0 Å². The van der Waals surface area contributed by atoms with Crippen LogP contribution in [0.4, 0.5) is 0 Å². The number of hydrogen-bond donors (Lipinski definition) is 0. The summed E-state index contributed by atoms with van der Waals surface area (Å²) in [4.78, 5) is 0. The van der Waals surface area contributed by atoms with E-state index in [1.165, 1.54) is 38.5 Å². The molecule has 0 nitrogen and oxygen atoms in total. The summed E-state index contributed by atoms with van der Waals surface area (Å²) >= 11 is 0. The van der Waals surface area contributed by atoms with Crippen LogP contribution in [0.25, 0.3) is 0 Å². The SMILES string of the molecule is CCCCCC[C](C)CC(C)C. The van der Waals surface area contributed by atoms with Gasteiger partial charge in [0, 0.05) is 0 Å². The van der Waals surface area contributed by atoms with Crippen molar-refractivity contribution in [1.82, 2.24) is 0 Å². The van der Waals surface area contributed by atoms with Crippen molar-refractivity contribution < 1.29 is 0 Å². The molecular formula is C12H25. The van der Waals surface area contributed by atoms with E-state index in [1.54, 1.807) is 5.92 Å². The van der Waals surface area contributed by atoms with E-state index in [4.69, 9.17) is 0 Å². The van der Waals surface area contributed by atoms with Crippen LogP contribution in [0.3, 0.4) is 0 Å². The topological polar surface area (TPSA) is 0 Å². The van der Waals surface area contributed by atoms with Crippen LogP contribution in [0.15, 0.2) is 0 Å². The molecule has 12 heavy (non-hydrogen) atoms. The number of rotatable bonds is 7. The Bertz CT molecular complexity index is 84.0. The molecule has 0 spiro atoms. The third-order valence-corrected chi connectivity index (χ3v) is 2.21. The molecule has 0 heteroatoms. The average Bonchev–Trinajstić information content (AvgIpc) is 1.97.